The minimum Gasteiger partial charge on any atom is -1.00 e. The van der Waals surface area contributed by atoms with E-state index < -0.39 is 115 Å². The van der Waals surface area contributed by atoms with Crippen LogP contribution in [0.4, 0.5) is 0 Å². The number of Topliss-reactive ketones (excluding diaryl/α,β-unsaturated/α-hetero) is 1. The molecule has 0 aromatic carbocycles. The van der Waals surface area contributed by atoms with Gasteiger partial charge in [-0.05, 0) is 151 Å². The molecule has 0 saturated carbocycles. The van der Waals surface area contributed by atoms with Gasteiger partial charge in [-0.2, -0.15) is 9.73 Å². The third kappa shape index (κ3) is 17.6. The van der Waals surface area contributed by atoms with Crippen LogP contribution in [-0.4, -0.2) is 212 Å². The van der Waals surface area contributed by atoms with Gasteiger partial charge in [0.1, 0.15) is 72.5 Å². The first-order valence-electron chi connectivity index (χ1n) is 34.5. The molecule has 0 radical (unpaired) electrons. The van der Waals surface area contributed by atoms with E-state index in [0.717, 1.165) is 84.1 Å². The zero-order valence-corrected chi connectivity index (χ0v) is 67.2. The fourth-order valence-corrected chi connectivity index (χ4v) is 17.7. The van der Waals surface area contributed by atoms with Gasteiger partial charge in [0.2, 0.25) is 5.78 Å². The number of aryl methyl sites for hydroxylation is 4. The van der Waals surface area contributed by atoms with Crippen LogP contribution in [0, 0.1) is 20.8 Å². The maximum Gasteiger partial charge on any atom is 2.00 e. The maximum absolute atomic E-state index is 13.6. The van der Waals surface area contributed by atoms with Crippen molar-refractivity contribution in [3.63, 3.8) is 0 Å². The van der Waals surface area contributed by atoms with Crippen LogP contribution < -0.4 is 0 Å². The van der Waals surface area contributed by atoms with E-state index in [1.807, 2.05) is 107 Å². The maximum atomic E-state index is 13.6. The Hall–Kier alpha value is -4.10. The van der Waals surface area contributed by atoms with Gasteiger partial charge in [0, 0.05) is 54.4 Å². The molecule has 25 nitrogen and oxygen atoms in total. The van der Waals surface area contributed by atoms with E-state index in [2.05, 4.69) is 86.6 Å². The van der Waals surface area contributed by atoms with Gasteiger partial charge in [-0.3, -0.25) is 9.59 Å². The molecule has 0 bridgehead atoms. The quantitative estimate of drug-likeness (QED) is 0.0638. The molecule has 8 aromatic rings. The molecule has 7 aliphatic heterocycles. The van der Waals surface area contributed by atoms with Crippen molar-refractivity contribution in [3.8, 4) is 0 Å². The van der Waals surface area contributed by atoms with E-state index in [9.17, 15) is 19.5 Å². The Morgan fingerprint density at radius 2 is 1.05 bits per heavy atom. The van der Waals surface area contributed by atoms with Crippen LogP contribution in [-0.2, 0) is 74.2 Å². The summed E-state index contributed by atoms with van der Waals surface area (Å²) in [6, 6.07) is 9.70. The molecule has 8 aromatic heterocycles. The van der Waals surface area contributed by atoms with E-state index in [-0.39, 0.29) is 57.5 Å². The predicted molar refractivity (Wildman–Crippen MR) is 409 cm³/mol. The number of ketones is 1. The first kappa shape index (κ1) is 79.9. The number of fused-ring (bicyclic) bond motifs is 6. The number of aromatic nitrogens is 9. The van der Waals surface area contributed by atoms with Gasteiger partial charge in [-0.25, -0.2) is 34.7 Å². The van der Waals surface area contributed by atoms with Gasteiger partial charge in [-0.15, -0.1) is 22.7 Å². The van der Waals surface area contributed by atoms with Crippen LogP contribution >= 0.6 is 71.5 Å². The van der Waals surface area contributed by atoms with E-state index in [0.29, 0.717) is 41.2 Å². The normalized spacial score (nSPS) is 26.6. The number of carbonyl (C=O) groups excluding carboxylic acids is 2. The summed E-state index contributed by atoms with van der Waals surface area (Å²) in [7, 11) is -3.48. The Balaban J connectivity index is 0.000000222. The Morgan fingerprint density at radius 3 is 1.46 bits per heavy atom. The fraction of sp³-hybridized carbons (Fsp3) is 0.586. The van der Waals surface area contributed by atoms with E-state index >= 15 is 0 Å². The number of carboxylic acid groups (broad SMARTS) is 1. The number of hydrogen-bond acceptors (Lipinski definition) is 22. The molecule has 1 amide bonds. The average Bonchev–Trinajstić information content (AvgIpc) is 1.59. The molecule has 7 fully saturated rings. The second-order valence-electron chi connectivity index (χ2n) is 28.3. The molecule has 103 heavy (non-hydrogen) atoms. The number of ether oxygens (including phenoxy) is 10. The van der Waals surface area contributed by atoms with Gasteiger partial charge >= 0.3 is 29.0 Å². The summed E-state index contributed by atoms with van der Waals surface area (Å²) < 4.78 is 92.2. The number of halogens is 3. The Labute approximate surface area is 655 Å². The standard InChI is InChI=1S/C22H24ClN3O4S.C19H24N4O5.C15H17N3O5.C12H20BrClOSSi.2CH4.Mg.H3P.2H/c1-5-6-12-9-14(23)31-19(12)15(27)16-17-18(30-22(3,4)29-17)21(28-16)26-8-7-13-11(2)24-10-25-20(13)26;1-11-12-4-5-23(16(12)21-10-20-11)18-15-13(27-19(2,3)28-15)14(26-18)17(24)22-6-8-25-9-7-22;1-7-8-4-5-18(12(8)17-6-16-7)13-10-9(11(21-13)14(19)20)22-15(2,3)23-10;1-12(2,3)17(4,5)15-7-6-9-8-10(14)16-11(9)13;;;;;;/h7-10,16-18,21H,5-6H2,1-4H3;4-5,10,13-15,18H,6-9H2,1-3H3;4-6,9-11,13H,1-3H3,(H,19,20);8H,6-7H2,1-5H3;2*1H4;;1H3;;/q;;;;;;+2;;2*-1/t16-,17-,18-,21-;13-,14+,15-,18-;9-,10+,11-,13+;;;;;;;/m110......./s1/i;;;;;;;1T3;;. The summed E-state index contributed by atoms with van der Waals surface area (Å²) in [5, 5.41) is 12.5. The number of morpholine rings is 1. The second-order valence-corrected chi connectivity index (χ2v) is 37.8. The third-order valence-corrected chi connectivity index (χ3v) is 26.9. The molecule has 15 heterocycles. The third-order valence-electron chi connectivity index (χ3n) is 19.0. The average molecular weight is 1620 g/mol. The van der Waals surface area contributed by atoms with Crippen molar-refractivity contribution in [3.05, 3.63) is 113 Å². The van der Waals surface area contributed by atoms with Gasteiger partial charge in [-0.1, -0.05) is 72.2 Å². The summed E-state index contributed by atoms with van der Waals surface area (Å²) in [5.41, 5.74) is 7.00. The molecule has 7 saturated heterocycles. The number of carboxylic acids is 1. The van der Waals surface area contributed by atoms with Crippen LogP contribution in [0.5, 0.6) is 0 Å². The number of aliphatic carboxylic acids is 1. The zero-order chi connectivity index (χ0) is 74.6. The number of hydrogen-bond donors (Lipinski definition) is 1. The minimum atomic E-state index is -1.87. The van der Waals surface area contributed by atoms with Crippen LogP contribution in [0.3, 0.4) is 0 Å². The molecule has 1 N–H and O–H groups in total. The Morgan fingerprint density at radius 1 is 0.660 bits per heavy atom. The monoisotopic (exact) mass is 1620 g/mol. The number of rotatable bonds is 13. The second kappa shape index (κ2) is 33.4. The fourth-order valence-electron chi connectivity index (χ4n) is 13.2. The molecule has 15 rings (SSSR count). The molecular formula is C70H98BrCl2MgN10O15PS2Si. The molecule has 0 spiro atoms. The summed E-state index contributed by atoms with van der Waals surface area (Å²) in [5.74, 6) is -3.70. The molecule has 0 unspecified atom stereocenters. The van der Waals surface area contributed by atoms with Crippen LogP contribution in [0.15, 0.2) is 71.7 Å². The largest absolute Gasteiger partial charge is 2.00 e. The van der Waals surface area contributed by atoms with Crippen molar-refractivity contribution < 1.29 is 74.1 Å². The molecule has 0 aliphatic carbocycles. The summed E-state index contributed by atoms with van der Waals surface area (Å²) in [6.45, 7) is 33.1. The summed E-state index contributed by atoms with van der Waals surface area (Å²) in [4.78, 5) is 66.5. The molecule has 562 valence electrons. The minimum absolute atomic E-state index is 0. The zero-order valence-electron chi connectivity index (χ0n) is 64.2. The van der Waals surface area contributed by atoms with Crippen molar-refractivity contribution in [2.45, 2.75) is 233 Å². The number of nitrogens with zero attached hydrogens (tertiary/aromatic N) is 10. The number of thiophene rings is 2. The summed E-state index contributed by atoms with van der Waals surface area (Å²) in [6.07, 6.45) is 5.52. The van der Waals surface area contributed by atoms with Gasteiger partial charge in [0.25, 0.3) is 5.91 Å². The van der Waals surface area contributed by atoms with Crippen molar-refractivity contribution in [1.29, 1.82) is 3.84 Å². The van der Waals surface area contributed by atoms with Crippen LogP contribution in [0.1, 0.15) is 150 Å². The first-order valence-corrected chi connectivity index (χ1v) is 39.2. The van der Waals surface area contributed by atoms with Crippen molar-refractivity contribution in [1.82, 2.24) is 48.5 Å². The smallest absolute Gasteiger partial charge is 1.00 e. The van der Waals surface area contributed by atoms with Crippen molar-refractivity contribution in [2.75, 3.05) is 32.9 Å². The van der Waals surface area contributed by atoms with Gasteiger partial charge in [0.05, 0.1) is 51.5 Å². The van der Waals surface area contributed by atoms with Crippen LogP contribution in [0.25, 0.3) is 33.1 Å². The SMILES string of the molecule is C.C.CC(C)(C)[Si](C)(C)OCCc1cc(Cl)sc1Br.CCCc1cc(Cl)sc1C(=O)[C@H]1O[C@@H](n2ccc3c(C)ncnc32)[C@@H]2OC(C)(C)O[C@@H]21.Cc1ncnc2c1ccn2[C@@H]1O[C@H](C(=O)N2CCOCC2)[C@H]2OC(C)(C)O[C@H]21.Cc1ncnc2c1ccn2[C@@H]1O[C@H](C(=O)O)[C@H]2OC(C)(C)O[C@H]21.[3H]P([3H])[3H].[H-].[H-].[Mg+2]. The summed E-state index contributed by atoms with van der Waals surface area (Å²) >= 11 is 18.6. The molecule has 12 atom stereocenters. The molecule has 7 aliphatic rings. The van der Waals surface area contributed by atoms with E-state index in [1.54, 1.807) is 34.7 Å². The van der Waals surface area contributed by atoms with E-state index in [4.69, 9.17) is 78.8 Å². The predicted octanol–water partition coefficient (Wildman–Crippen LogP) is 13.9. The van der Waals surface area contributed by atoms with Crippen molar-refractivity contribution in [2.24, 2.45) is 0 Å². The Kier molecular flexibility index (Phi) is 25.9. The number of carbonyl (C=O) groups is 3. The topological polar surface area (TPSA) is 268 Å². The number of amides is 1. The van der Waals surface area contributed by atoms with Crippen LogP contribution in [0.2, 0.25) is 26.8 Å². The van der Waals surface area contributed by atoms with E-state index in [1.165, 1.54) is 35.9 Å². The molecular weight excluding hydrogens is 1520 g/mol. The Bertz CT molecular complexity index is 4380. The van der Waals surface area contributed by atoms with Crippen molar-refractivity contribution >= 4 is 154 Å². The van der Waals surface area contributed by atoms with Gasteiger partial charge < -0.3 is 78.4 Å². The first-order chi connectivity index (χ1) is 48.5. The molecule has 33 heteroatoms. The van der Waals surface area contributed by atoms with Gasteiger partial charge in [0.15, 0.2) is 62.7 Å².